The Bertz CT molecular complexity index is 170. The fourth-order valence-electron chi connectivity index (χ4n) is 3.30. The van der Waals surface area contributed by atoms with E-state index in [1.807, 2.05) is 0 Å². The molecule has 0 aromatic carbocycles. The van der Waals surface area contributed by atoms with Crippen LogP contribution in [0, 0.1) is 11.8 Å². The minimum atomic E-state index is -0.204. The van der Waals surface area contributed by atoms with Gasteiger partial charge in [0, 0.05) is 0 Å². The number of rotatable bonds is 16. The standard InChI is InChI=1S/2C10H21.Zn/c2*1-4-5-6-7-8-9-10(2)3;/h2*10H,2,4-9H2,1,3H3;. The summed E-state index contributed by atoms with van der Waals surface area (Å²) in [4.78, 5) is 0. The van der Waals surface area contributed by atoms with Gasteiger partial charge in [0.15, 0.2) is 0 Å². The molecule has 1 heteroatoms. The molecule has 0 nitrogen and oxygen atoms in total. The molecule has 0 aromatic heterocycles. The zero-order valence-electron chi connectivity index (χ0n) is 15.8. The predicted molar refractivity (Wildman–Crippen MR) is 94.7 cm³/mol. The van der Waals surface area contributed by atoms with Crippen LogP contribution >= 0.6 is 0 Å². The topological polar surface area (TPSA) is 0 Å². The number of unbranched alkanes of at least 4 members (excludes halogenated alkanes) is 8. The Morgan fingerprint density at radius 2 is 0.952 bits per heavy atom. The molecule has 0 aliphatic heterocycles. The molecular weight excluding hydrogens is 306 g/mol. The van der Waals surface area contributed by atoms with Gasteiger partial charge < -0.3 is 0 Å². The maximum absolute atomic E-state index is 2.51. The van der Waals surface area contributed by atoms with Crippen molar-refractivity contribution in [2.24, 2.45) is 11.8 Å². The summed E-state index contributed by atoms with van der Waals surface area (Å²) in [6, 6.07) is 0. The second kappa shape index (κ2) is 17.0. The van der Waals surface area contributed by atoms with Gasteiger partial charge in [-0.2, -0.15) is 0 Å². The molecule has 0 aromatic rings. The molecule has 0 fully saturated rings. The van der Waals surface area contributed by atoms with E-state index in [9.17, 15) is 0 Å². The molecule has 2 atom stereocenters. The van der Waals surface area contributed by atoms with Crippen LogP contribution in [0.5, 0.6) is 0 Å². The summed E-state index contributed by atoms with van der Waals surface area (Å²) in [5.74, 6) is 2.09. The van der Waals surface area contributed by atoms with E-state index in [2.05, 4.69) is 27.7 Å². The Hall–Kier alpha value is 0.623. The second-order valence-corrected chi connectivity index (χ2v) is 11.5. The van der Waals surface area contributed by atoms with Crippen molar-refractivity contribution in [3.8, 4) is 0 Å². The zero-order chi connectivity index (χ0) is 15.8. The van der Waals surface area contributed by atoms with Crippen molar-refractivity contribution >= 4 is 0 Å². The van der Waals surface area contributed by atoms with Gasteiger partial charge in [0.1, 0.15) is 0 Å². The number of hydrogen-bond donors (Lipinski definition) is 0. The van der Waals surface area contributed by atoms with Gasteiger partial charge in [-0.05, 0) is 0 Å². The van der Waals surface area contributed by atoms with Gasteiger partial charge in [0.25, 0.3) is 0 Å². The molecule has 0 bridgehead atoms. The van der Waals surface area contributed by atoms with Gasteiger partial charge >= 0.3 is 144 Å². The Labute approximate surface area is 143 Å². The van der Waals surface area contributed by atoms with E-state index >= 15 is 0 Å². The van der Waals surface area contributed by atoms with Crippen LogP contribution in [0.2, 0.25) is 10.0 Å². The van der Waals surface area contributed by atoms with Gasteiger partial charge in [-0.1, -0.05) is 0 Å². The molecule has 124 valence electrons. The van der Waals surface area contributed by atoms with Crippen molar-refractivity contribution in [1.29, 1.82) is 0 Å². The van der Waals surface area contributed by atoms with Crippen LogP contribution in [-0.4, -0.2) is 0 Å². The molecule has 0 rings (SSSR count). The van der Waals surface area contributed by atoms with Crippen LogP contribution in [0.15, 0.2) is 0 Å². The molecule has 0 radical (unpaired) electrons. The third-order valence-electron chi connectivity index (χ3n) is 4.99. The Balaban J connectivity index is 3.30. The third kappa shape index (κ3) is 16.8. The molecular formula is C20H42Zn. The van der Waals surface area contributed by atoms with E-state index in [0.717, 1.165) is 11.8 Å². The average Bonchev–Trinajstić information content (AvgIpc) is 2.47. The van der Waals surface area contributed by atoms with Gasteiger partial charge in [0.05, 0.1) is 0 Å². The number of hydrogen-bond acceptors (Lipinski definition) is 0. The van der Waals surface area contributed by atoms with Gasteiger partial charge in [0.2, 0.25) is 0 Å². The molecule has 0 saturated carbocycles. The molecule has 0 N–H and O–H groups in total. The SMILES string of the molecule is CCCCCCCC(C)[CH2][Zn][CH2]C(C)CCCCCCC. The minimum absolute atomic E-state index is 0.204. The van der Waals surface area contributed by atoms with Crippen molar-refractivity contribution < 1.29 is 17.1 Å². The monoisotopic (exact) mass is 346 g/mol. The van der Waals surface area contributed by atoms with Crippen LogP contribution in [0.4, 0.5) is 0 Å². The second-order valence-electron chi connectivity index (χ2n) is 7.55. The van der Waals surface area contributed by atoms with E-state index in [4.69, 9.17) is 0 Å². The van der Waals surface area contributed by atoms with Crippen LogP contribution in [0.3, 0.4) is 0 Å². The van der Waals surface area contributed by atoms with Gasteiger partial charge in [-0.3, -0.25) is 0 Å². The summed E-state index contributed by atoms with van der Waals surface area (Å²) in [6.07, 6.45) is 17.6. The van der Waals surface area contributed by atoms with Crippen LogP contribution in [0.1, 0.15) is 105 Å². The fourth-order valence-corrected chi connectivity index (χ4v) is 7.93. The third-order valence-corrected chi connectivity index (χ3v) is 10.8. The van der Waals surface area contributed by atoms with Crippen molar-refractivity contribution in [2.75, 3.05) is 0 Å². The average molecular weight is 348 g/mol. The first kappa shape index (κ1) is 21.6. The fraction of sp³-hybridized carbons (Fsp3) is 1.00. The van der Waals surface area contributed by atoms with Gasteiger partial charge in [-0.25, -0.2) is 0 Å². The summed E-state index contributed by atoms with van der Waals surface area (Å²) in [5, 5.41) is 3.31. The molecule has 0 spiro atoms. The Morgan fingerprint density at radius 3 is 1.33 bits per heavy atom. The van der Waals surface area contributed by atoms with Gasteiger partial charge in [-0.15, -0.1) is 0 Å². The van der Waals surface area contributed by atoms with Crippen molar-refractivity contribution in [1.82, 2.24) is 0 Å². The summed E-state index contributed by atoms with van der Waals surface area (Å²) in [7, 11) is 0. The summed E-state index contributed by atoms with van der Waals surface area (Å²) in [6.45, 7) is 9.64. The summed E-state index contributed by atoms with van der Waals surface area (Å²) < 4.78 is 0. The quantitative estimate of drug-likeness (QED) is 0.196. The normalized spacial score (nSPS) is 13.9. The van der Waals surface area contributed by atoms with Crippen LogP contribution in [-0.2, 0) is 17.1 Å². The zero-order valence-corrected chi connectivity index (χ0v) is 18.7. The molecule has 0 aliphatic carbocycles. The van der Waals surface area contributed by atoms with E-state index in [0.29, 0.717) is 0 Å². The molecule has 0 aliphatic rings. The summed E-state index contributed by atoms with van der Waals surface area (Å²) in [5.41, 5.74) is 0. The molecule has 21 heavy (non-hydrogen) atoms. The maximum atomic E-state index is 2.51. The van der Waals surface area contributed by atoms with Crippen molar-refractivity contribution in [2.45, 2.75) is 115 Å². The van der Waals surface area contributed by atoms with Crippen molar-refractivity contribution in [3.05, 3.63) is 0 Å². The first-order valence-electron chi connectivity index (χ1n) is 10.2. The van der Waals surface area contributed by atoms with Crippen molar-refractivity contribution in [3.63, 3.8) is 0 Å². The first-order chi connectivity index (χ1) is 10.2. The Kier molecular flexibility index (Phi) is 17.5. The van der Waals surface area contributed by atoms with Crippen LogP contribution in [0.25, 0.3) is 0 Å². The summed E-state index contributed by atoms with van der Waals surface area (Å²) >= 11 is -0.204. The van der Waals surface area contributed by atoms with E-state index < -0.39 is 0 Å². The van der Waals surface area contributed by atoms with E-state index in [1.54, 1.807) is 10.0 Å². The molecule has 0 saturated heterocycles. The van der Waals surface area contributed by atoms with Crippen LogP contribution < -0.4 is 0 Å². The first-order valence-corrected chi connectivity index (χ1v) is 14.4. The van der Waals surface area contributed by atoms with E-state index in [1.165, 1.54) is 77.0 Å². The van der Waals surface area contributed by atoms with E-state index in [-0.39, 0.29) is 17.1 Å². The molecule has 2 unspecified atom stereocenters. The molecule has 0 heterocycles. The Morgan fingerprint density at radius 1 is 0.571 bits per heavy atom. The molecule has 0 amide bonds. The predicted octanol–water partition coefficient (Wildman–Crippen LogP) is 7.90.